The predicted molar refractivity (Wildman–Crippen MR) is 119 cm³/mol. The van der Waals surface area contributed by atoms with E-state index in [2.05, 4.69) is 61.3 Å². The Morgan fingerprint density at radius 2 is 1.97 bits per heavy atom. The van der Waals surface area contributed by atoms with Gasteiger partial charge in [0.2, 0.25) is 0 Å². The van der Waals surface area contributed by atoms with Crippen molar-refractivity contribution >= 4 is 17.0 Å². The van der Waals surface area contributed by atoms with Crippen LogP contribution in [0.1, 0.15) is 53.9 Å². The molecule has 0 radical (unpaired) electrons. The number of nitrogens with one attached hydrogen (secondary N) is 2. The smallest absolute Gasteiger partial charge is 0.178 e. The lowest BCUT2D eigenvalue weighted by Crippen LogP contribution is -2.37. The van der Waals surface area contributed by atoms with Crippen molar-refractivity contribution in [2.24, 2.45) is 0 Å². The van der Waals surface area contributed by atoms with Crippen molar-refractivity contribution in [3.8, 4) is 0 Å². The zero-order valence-electron chi connectivity index (χ0n) is 17.3. The molecule has 2 atom stereocenters. The van der Waals surface area contributed by atoms with Gasteiger partial charge in [-0.1, -0.05) is 29.5 Å². The summed E-state index contributed by atoms with van der Waals surface area (Å²) in [5, 5.41) is 19.1. The molecule has 2 aliphatic heterocycles. The number of aromatic nitrogens is 6. The van der Waals surface area contributed by atoms with Gasteiger partial charge >= 0.3 is 0 Å². The molecule has 4 aromatic rings. The topological polar surface area (TPSA) is 110 Å². The van der Waals surface area contributed by atoms with Gasteiger partial charge in [-0.15, -0.1) is 5.10 Å². The van der Waals surface area contributed by atoms with Crippen LogP contribution in [-0.4, -0.2) is 42.3 Å². The summed E-state index contributed by atoms with van der Waals surface area (Å²) < 4.78 is 2.01. The third-order valence-corrected chi connectivity index (χ3v) is 6.72. The van der Waals surface area contributed by atoms with Crippen molar-refractivity contribution in [3.05, 3.63) is 65.0 Å². The van der Waals surface area contributed by atoms with Crippen molar-refractivity contribution in [1.82, 2.24) is 35.5 Å². The second kappa shape index (κ2) is 7.46. The molecule has 0 spiro atoms. The molecule has 0 saturated carbocycles. The van der Waals surface area contributed by atoms with E-state index in [1.807, 2.05) is 16.9 Å². The number of nitrogens with zero attached hydrogens (tertiary/aromatic N) is 5. The molecule has 8 heteroatoms. The van der Waals surface area contributed by atoms with Crippen molar-refractivity contribution in [3.63, 3.8) is 0 Å². The van der Waals surface area contributed by atoms with Gasteiger partial charge < -0.3 is 11.1 Å². The molecule has 1 aromatic carbocycles. The number of aromatic amines is 1. The Bertz CT molecular complexity index is 1210. The van der Waals surface area contributed by atoms with Crippen LogP contribution >= 0.6 is 0 Å². The fraction of sp³-hybridized carbons (Fsp3) is 0.391. The van der Waals surface area contributed by atoms with E-state index in [1.165, 1.54) is 36.8 Å². The van der Waals surface area contributed by atoms with Crippen LogP contribution in [0.3, 0.4) is 0 Å². The average molecular weight is 415 g/mol. The van der Waals surface area contributed by atoms with Crippen LogP contribution in [0.5, 0.6) is 0 Å². The van der Waals surface area contributed by atoms with Crippen LogP contribution in [0.4, 0.5) is 5.82 Å². The molecule has 2 fully saturated rings. The lowest BCUT2D eigenvalue weighted by molar-refractivity contribution is 0.363. The zero-order chi connectivity index (χ0) is 20.8. The monoisotopic (exact) mass is 414 g/mol. The Labute approximate surface area is 180 Å². The predicted octanol–water partition coefficient (Wildman–Crippen LogP) is 2.77. The molecule has 2 unspecified atom stereocenters. The van der Waals surface area contributed by atoms with E-state index >= 15 is 0 Å². The molecule has 31 heavy (non-hydrogen) atoms. The third-order valence-electron chi connectivity index (χ3n) is 6.72. The summed E-state index contributed by atoms with van der Waals surface area (Å²) in [6.07, 6.45) is 9.89. The molecule has 4 N–H and O–H groups in total. The number of nitrogen functional groups attached to an aromatic ring is 1. The number of benzene rings is 1. The molecular weight excluding hydrogens is 388 g/mol. The van der Waals surface area contributed by atoms with Crippen molar-refractivity contribution in [1.29, 1.82) is 0 Å². The Balaban J connectivity index is 1.18. The van der Waals surface area contributed by atoms with E-state index in [0.717, 1.165) is 23.2 Å². The largest absolute Gasteiger partial charge is 0.384 e. The van der Waals surface area contributed by atoms with Crippen molar-refractivity contribution in [2.75, 3.05) is 5.73 Å². The highest BCUT2D eigenvalue weighted by molar-refractivity contribution is 5.76. The summed E-state index contributed by atoms with van der Waals surface area (Å²) in [6.45, 7) is 0.767. The highest BCUT2D eigenvalue weighted by Crippen LogP contribution is 2.37. The minimum atomic E-state index is 0.462. The van der Waals surface area contributed by atoms with Gasteiger partial charge in [-0.3, -0.25) is 4.68 Å². The van der Waals surface area contributed by atoms with Gasteiger partial charge in [0.15, 0.2) is 5.65 Å². The van der Waals surface area contributed by atoms with Gasteiger partial charge in [-0.2, -0.15) is 5.10 Å². The van der Waals surface area contributed by atoms with E-state index in [1.54, 1.807) is 0 Å². The van der Waals surface area contributed by atoms with Crippen molar-refractivity contribution < 1.29 is 0 Å². The summed E-state index contributed by atoms with van der Waals surface area (Å²) in [5.41, 5.74) is 12.2. The summed E-state index contributed by atoms with van der Waals surface area (Å²) in [7, 11) is 0. The molecule has 8 nitrogen and oxygen atoms in total. The molecule has 0 aliphatic carbocycles. The van der Waals surface area contributed by atoms with E-state index in [-0.39, 0.29) is 0 Å². The molecule has 0 amide bonds. The minimum Gasteiger partial charge on any atom is -0.384 e. The van der Waals surface area contributed by atoms with Crippen LogP contribution in [0, 0.1) is 0 Å². The SMILES string of the molecule is Nc1cc(Cc2cnn(Cc3cccc(C4CC5CCC(C4)N5)c3)c2)c2nn[nH]c2n1. The normalized spacial score (nSPS) is 22.9. The fourth-order valence-corrected chi connectivity index (χ4v) is 5.33. The molecule has 5 heterocycles. The summed E-state index contributed by atoms with van der Waals surface area (Å²) in [5.74, 6) is 1.14. The molecule has 2 aliphatic rings. The number of fused-ring (bicyclic) bond motifs is 3. The van der Waals surface area contributed by atoms with Crippen LogP contribution in [-0.2, 0) is 13.0 Å². The summed E-state index contributed by atoms with van der Waals surface area (Å²) in [4.78, 5) is 4.23. The number of anilines is 1. The number of hydrogen-bond acceptors (Lipinski definition) is 6. The van der Waals surface area contributed by atoms with E-state index in [9.17, 15) is 0 Å². The second-order valence-electron chi connectivity index (χ2n) is 8.99. The van der Waals surface area contributed by atoms with Crippen LogP contribution in [0.15, 0.2) is 42.7 Å². The molecule has 2 saturated heterocycles. The van der Waals surface area contributed by atoms with Gasteiger partial charge in [0.1, 0.15) is 11.3 Å². The number of hydrogen-bond donors (Lipinski definition) is 3. The Kier molecular flexibility index (Phi) is 4.45. The van der Waals surface area contributed by atoms with Gasteiger partial charge in [-0.05, 0) is 59.9 Å². The van der Waals surface area contributed by atoms with Crippen molar-refractivity contribution in [2.45, 2.75) is 56.7 Å². The lowest BCUT2D eigenvalue weighted by atomic mass is 9.85. The standard InChI is InChI=1S/C23H26N8/c24-21-10-18(22-23(27-21)29-30-28-22)7-15-11-25-31(13-15)12-14-2-1-3-16(6-14)17-8-19-4-5-20(9-17)26-19/h1-3,6,10-11,13,17,19-20,26H,4-5,7-9,12H2,(H3,24,27,28,29,30). The first-order valence-electron chi connectivity index (χ1n) is 11.0. The van der Waals surface area contributed by atoms with Crippen LogP contribution in [0.2, 0.25) is 0 Å². The Morgan fingerprint density at radius 1 is 1.10 bits per heavy atom. The van der Waals surface area contributed by atoms with E-state index in [4.69, 9.17) is 5.73 Å². The second-order valence-corrected chi connectivity index (χ2v) is 8.99. The third kappa shape index (κ3) is 3.67. The highest BCUT2D eigenvalue weighted by atomic mass is 15.3. The fourth-order valence-electron chi connectivity index (χ4n) is 5.33. The molecule has 6 rings (SSSR count). The number of pyridine rings is 1. The molecular formula is C23H26N8. The number of rotatable bonds is 5. The highest BCUT2D eigenvalue weighted by Gasteiger charge is 2.33. The Hall–Kier alpha value is -3.26. The number of nitrogens with two attached hydrogens (primary N) is 1. The summed E-state index contributed by atoms with van der Waals surface area (Å²) >= 11 is 0. The first kappa shape index (κ1) is 18.5. The first-order valence-corrected chi connectivity index (χ1v) is 11.0. The maximum Gasteiger partial charge on any atom is 0.178 e. The van der Waals surface area contributed by atoms with Crippen LogP contribution < -0.4 is 11.1 Å². The quantitative estimate of drug-likeness (QED) is 0.463. The maximum absolute atomic E-state index is 5.93. The molecule has 158 valence electrons. The molecule has 3 aromatic heterocycles. The Morgan fingerprint density at radius 3 is 2.84 bits per heavy atom. The minimum absolute atomic E-state index is 0.462. The molecule has 2 bridgehead atoms. The van der Waals surface area contributed by atoms with Gasteiger partial charge in [0, 0.05) is 24.7 Å². The van der Waals surface area contributed by atoms with E-state index in [0.29, 0.717) is 35.9 Å². The lowest BCUT2D eigenvalue weighted by Gasteiger charge is -2.29. The summed E-state index contributed by atoms with van der Waals surface area (Å²) in [6, 6.07) is 12.3. The average Bonchev–Trinajstić information content (AvgIpc) is 3.49. The van der Waals surface area contributed by atoms with E-state index < -0.39 is 0 Å². The number of piperidine rings is 1. The van der Waals surface area contributed by atoms with Gasteiger partial charge in [0.25, 0.3) is 0 Å². The van der Waals surface area contributed by atoms with Crippen LogP contribution in [0.25, 0.3) is 11.2 Å². The maximum atomic E-state index is 5.93. The van der Waals surface area contributed by atoms with Gasteiger partial charge in [0.05, 0.1) is 12.7 Å². The zero-order valence-corrected chi connectivity index (χ0v) is 17.3. The van der Waals surface area contributed by atoms with Gasteiger partial charge in [-0.25, -0.2) is 10.1 Å². The first-order chi connectivity index (χ1) is 15.2. The number of H-pyrrole nitrogens is 1.